The maximum Gasteiger partial charge on any atom is 0.187 e. The maximum absolute atomic E-state index is 10.0. The van der Waals surface area contributed by atoms with Crippen molar-refractivity contribution < 1.29 is 29.9 Å². The van der Waals surface area contributed by atoms with Gasteiger partial charge in [-0.25, -0.2) is 0 Å². The zero-order valence-corrected chi connectivity index (χ0v) is 13.1. The Morgan fingerprint density at radius 3 is 2.59 bits per heavy atom. The van der Waals surface area contributed by atoms with Gasteiger partial charge < -0.3 is 29.9 Å². The van der Waals surface area contributed by atoms with Gasteiger partial charge in [0, 0.05) is 0 Å². The second-order valence-electron chi connectivity index (χ2n) is 6.28. The maximum atomic E-state index is 10.0. The predicted molar refractivity (Wildman–Crippen MR) is 79.9 cm³/mol. The van der Waals surface area contributed by atoms with Crippen molar-refractivity contribution in [3.8, 4) is 0 Å². The molecule has 0 aromatic heterocycles. The van der Waals surface area contributed by atoms with Crippen LogP contribution in [0, 0.1) is 5.92 Å². The van der Waals surface area contributed by atoms with E-state index < -0.39 is 37.3 Å². The van der Waals surface area contributed by atoms with E-state index in [2.05, 4.69) is 12.7 Å². The summed E-state index contributed by atoms with van der Waals surface area (Å²) < 4.78 is 11.2. The Kier molecular flexibility index (Phi) is 5.76. The van der Waals surface area contributed by atoms with Gasteiger partial charge in [0.05, 0.1) is 12.7 Å². The fraction of sp³-hybridized carbons (Fsp3) is 0.750. The van der Waals surface area contributed by atoms with E-state index >= 15 is 0 Å². The van der Waals surface area contributed by atoms with E-state index in [0.717, 1.165) is 24.0 Å². The van der Waals surface area contributed by atoms with Crippen LogP contribution in [0.4, 0.5) is 0 Å². The molecule has 6 heteroatoms. The molecule has 2 rings (SSSR count). The first-order valence-corrected chi connectivity index (χ1v) is 7.63. The van der Waals surface area contributed by atoms with Crippen molar-refractivity contribution >= 4 is 0 Å². The first-order chi connectivity index (χ1) is 10.3. The normalized spacial score (nSPS) is 42.8. The van der Waals surface area contributed by atoms with E-state index in [0.29, 0.717) is 5.92 Å². The monoisotopic (exact) mass is 314 g/mol. The van der Waals surface area contributed by atoms with E-state index in [1.807, 2.05) is 13.8 Å². The van der Waals surface area contributed by atoms with E-state index in [1.54, 1.807) is 0 Å². The molecule has 22 heavy (non-hydrogen) atoms. The third-order valence-electron chi connectivity index (χ3n) is 4.57. The van der Waals surface area contributed by atoms with E-state index in [1.165, 1.54) is 0 Å². The van der Waals surface area contributed by atoms with Crippen molar-refractivity contribution in [1.82, 2.24) is 0 Å². The summed E-state index contributed by atoms with van der Waals surface area (Å²) in [6.45, 7) is 7.44. The molecule has 2 aliphatic rings. The molecule has 1 saturated heterocycles. The molecule has 7 atom stereocenters. The highest BCUT2D eigenvalue weighted by Gasteiger charge is 2.45. The Bertz CT molecular complexity index is 432. The lowest BCUT2D eigenvalue weighted by Gasteiger charge is -2.42. The van der Waals surface area contributed by atoms with Gasteiger partial charge in [-0.05, 0) is 38.2 Å². The van der Waals surface area contributed by atoms with Crippen molar-refractivity contribution in [2.24, 2.45) is 5.92 Å². The fourth-order valence-electron chi connectivity index (χ4n) is 2.91. The number of aliphatic hydroxyl groups excluding tert-OH is 4. The lowest BCUT2D eigenvalue weighted by molar-refractivity contribution is -0.309. The number of hydrogen-bond acceptors (Lipinski definition) is 6. The molecular weight excluding hydrogens is 288 g/mol. The predicted octanol–water partition coefficient (Wildman–Crippen LogP) is 0.104. The van der Waals surface area contributed by atoms with Crippen molar-refractivity contribution in [3.05, 3.63) is 23.8 Å². The van der Waals surface area contributed by atoms with E-state index in [9.17, 15) is 20.4 Å². The van der Waals surface area contributed by atoms with Crippen LogP contribution < -0.4 is 0 Å². The summed E-state index contributed by atoms with van der Waals surface area (Å²) in [7, 11) is 0. The van der Waals surface area contributed by atoms with Crippen molar-refractivity contribution in [2.45, 2.75) is 63.5 Å². The Morgan fingerprint density at radius 2 is 2.00 bits per heavy atom. The van der Waals surface area contributed by atoms with Crippen LogP contribution in [0.1, 0.15) is 26.7 Å². The lowest BCUT2D eigenvalue weighted by atomic mass is 9.84. The number of hydrogen-bond donors (Lipinski definition) is 4. The topological polar surface area (TPSA) is 99.4 Å². The minimum Gasteiger partial charge on any atom is -0.394 e. The number of aliphatic hydroxyl groups is 4. The van der Waals surface area contributed by atoms with Gasteiger partial charge in [0.1, 0.15) is 24.4 Å². The molecule has 0 amide bonds. The van der Waals surface area contributed by atoms with Crippen LogP contribution in [-0.2, 0) is 9.47 Å². The highest BCUT2D eigenvalue weighted by molar-refractivity contribution is 5.15. The number of rotatable bonds is 4. The molecule has 1 heterocycles. The number of ether oxygens (including phenoxy) is 2. The Morgan fingerprint density at radius 1 is 1.32 bits per heavy atom. The highest BCUT2D eigenvalue weighted by Crippen LogP contribution is 2.32. The Balaban J connectivity index is 2.06. The molecule has 1 fully saturated rings. The third-order valence-corrected chi connectivity index (χ3v) is 4.57. The van der Waals surface area contributed by atoms with E-state index in [4.69, 9.17) is 9.47 Å². The van der Waals surface area contributed by atoms with Crippen LogP contribution in [0.2, 0.25) is 0 Å². The van der Waals surface area contributed by atoms with Gasteiger partial charge in [0.25, 0.3) is 0 Å². The molecular formula is C16H26O6. The molecule has 126 valence electrons. The SMILES string of the molecule is C=C(C)C1CC=C(C)C(O[C@@H]2O[C@H](CO)[C@@H](O)[C@H](O)[C@H]2O)C1. The lowest BCUT2D eigenvalue weighted by Crippen LogP contribution is -2.59. The Labute approximate surface area is 130 Å². The zero-order chi connectivity index (χ0) is 16.4. The van der Waals surface area contributed by atoms with Crippen LogP contribution in [0.25, 0.3) is 0 Å². The van der Waals surface area contributed by atoms with Crippen LogP contribution in [0.15, 0.2) is 23.8 Å². The quantitative estimate of drug-likeness (QED) is 0.550. The summed E-state index contributed by atoms with van der Waals surface area (Å²) in [5.41, 5.74) is 2.11. The summed E-state index contributed by atoms with van der Waals surface area (Å²) in [6.07, 6.45) is -2.72. The molecule has 0 aromatic carbocycles. The molecule has 0 aromatic rings. The standard InChI is InChI=1S/C16H26O6/c1-8(2)10-5-4-9(3)11(6-10)21-16-15(20)14(19)13(18)12(7-17)22-16/h4,10-20H,1,5-7H2,2-3H3/t10?,11?,12-,13-,14+,15-,16-/m1/s1. The van der Waals surface area contributed by atoms with Gasteiger partial charge in [0.15, 0.2) is 6.29 Å². The summed E-state index contributed by atoms with van der Waals surface area (Å²) in [5.74, 6) is 0.304. The fourth-order valence-corrected chi connectivity index (χ4v) is 2.91. The minimum absolute atomic E-state index is 0.253. The van der Waals surface area contributed by atoms with Gasteiger partial charge in [-0.1, -0.05) is 18.2 Å². The van der Waals surface area contributed by atoms with Gasteiger partial charge in [0.2, 0.25) is 0 Å². The zero-order valence-electron chi connectivity index (χ0n) is 13.1. The first-order valence-electron chi connectivity index (χ1n) is 7.63. The molecule has 0 saturated carbocycles. The van der Waals surface area contributed by atoms with Gasteiger partial charge in [-0.2, -0.15) is 0 Å². The van der Waals surface area contributed by atoms with Crippen LogP contribution in [0.5, 0.6) is 0 Å². The van der Waals surface area contributed by atoms with Crippen LogP contribution >= 0.6 is 0 Å². The largest absolute Gasteiger partial charge is 0.394 e. The second-order valence-corrected chi connectivity index (χ2v) is 6.28. The molecule has 0 bridgehead atoms. The molecule has 6 nitrogen and oxygen atoms in total. The molecule has 1 aliphatic heterocycles. The Hall–Kier alpha value is -0.760. The van der Waals surface area contributed by atoms with Crippen LogP contribution in [0.3, 0.4) is 0 Å². The smallest absolute Gasteiger partial charge is 0.187 e. The van der Waals surface area contributed by atoms with Crippen LogP contribution in [-0.4, -0.2) is 63.8 Å². The minimum atomic E-state index is -1.42. The third kappa shape index (κ3) is 3.59. The van der Waals surface area contributed by atoms with Gasteiger partial charge in [-0.15, -0.1) is 0 Å². The average Bonchev–Trinajstić information content (AvgIpc) is 2.49. The van der Waals surface area contributed by atoms with Crippen molar-refractivity contribution in [2.75, 3.05) is 6.61 Å². The van der Waals surface area contributed by atoms with Crippen molar-refractivity contribution in [3.63, 3.8) is 0 Å². The summed E-state index contributed by atoms with van der Waals surface area (Å²) in [4.78, 5) is 0. The van der Waals surface area contributed by atoms with E-state index in [-0.39, 0.29) is 6.10 Å². The summed E-state index contributed by atoms with van der Waals surface area (Å²) in [5, 5.41) is 38.8. The summed E-state index contributed by atoms with van der Waals surface area (Å²) in [6, 6.07) is 0. The second kappa shape index (κ2) is 7.21. The molecule has 0 spiro atoms. The van der Waals surface area contributed by atoms with Gasteiger partial charge >= 0.3 is 0 Å². The molecule has 1 aliphatic carbocycles. The number of allylic oxidation sites excluding steroid dienone is 2. The molecule has 2 unspecified atom stereocenters. The molecule has 4 N–H and O–H groups in total. The summed E-state index contributed by atoms with van der Waals surface area (Å²) >= 11 is 0. The first kappa shape index (κ1) is 17.6. The van der Waals surface area contributed by atoms with Crippen molar-refractivity contribution in [1.29, 1.82) is 0 Å². The van der Waals surface area contributed by atoms with Gasteiger partial charge in [-0.3, -0.25) is 0 Å². The highest BCUT2D eigenvalue weighted by atomic mass is 16.7. The molecule has 0 radical (unpaired) electrons. The average molecular weight is 314 g/mol.